The predicted molar refractivity (Wildman–Crippen MR) is 61.7 cm³/mol. The van der Waals surface area contributed by atoms with Crippen LogP contribution in [0.1, 0.15) is 26.7 Å². The van der Waals surface area contributed by atoms with E-state index in [0.717, 1.165) is 0 Å². The van der Waals surface area contributed by atoms with E-state index >= 15 is 0 Å². The Bertz CT molecular complexity index is 285. The van der Waals surface area contributed by atoms with Crippen LogP contribution >= 0.6 is 0 Å². The number of carbonyl (C=O) groups is 2. The van der Waals surface area contributed by atoms with E-state index in [4.69, 9.17) is 4.74 Å². The minimum atomic E-state index is -1.16. The molecule has 0 aromatic rings. The molecule has 0 aromatic carbocycles. The molecule has 0 atom stereocenters. The van der Waals surface area contributed by atoms with Crippen molar-refractivity contribution in [3.63, 3.8) is 0 Å². The summed E-state index contributed by atoms with van der Waals surface area (Å²) in [6.07, 6.45) is 0.630. The summed E-state index contributed by atoms with van der Waals surface area (Å²) in [5, 5.41) is 14.8. The first kappa shape index (κ1) is 13.9. The van der Waals surface area contributed by atoms with Crippen LogP contribution in [0, 0.1) is 0 Å². The van der Waals surface area contributed by atoms with Gasteiger partial charge in [0.2, 0.25) is 5.91 Å². The largest absolute Gasteiger partial charge is 0.480 e. The van der Waals surface area contributed by atoms with E-state index in [1.807, 2.05) is 13.8 Å². The summed E-state index contributed by atoms with van der Waals surface area (Å²) in [5.74, 6) is -1.28. The average Bonchev–Trinajstić information content (AvgIpc) is 2.27. The number of rotatable bonds is 5. The maximum Gasteiger partial charge on any atom is 0.329 e. The molecule has 17 heavy (non-hydrogen) atoms. The highest BCUT2D eigenvalue weighted by atomic mass is 16.5. The quantitative estimate of drug-likeness (QED) is 0.620. The van der Waals surface area contributed by atoms with Crippen LogP contribution in [0.15, 0.2) is 0 Å². The van der Waals surface area contributed by atoms with E-state index < -0.39 is 11.5 Å². The summed E-state index contributed by atoms with van der Waals surface area (Å²) < 4.78 is 5.12. The Morgan fingerprint density at radius 1 is 1.35 bits per heavy atom. The molecule has 1 rings (SSSR count). The number of hydrogen-bond donors (Lipinski definition) is 3. The van der Waals surface area contributed by atoms with Gasteiger partial charge in [-0.05, 0) is 0 Å². The Labute approximate surface area is 101 Å². The van der Waals surface area contributed by atoms with Crippen molar-refractivity contribution < 1.29 is 19.4 Å². The van der Waals surface area contributed by atoms with Crippen molar-refractivity contribution in [1.82, 2.24) is 10.6 Å². The highest BCUT2D eigenvalue weighted by Crippen LogP contribution is 2.20. The van der Waals surface area contributed by atoms with Crippen molar-refractivity contribution in [2.75, 3.05) is 19.8 Å². The first-order valence-corrected chi connectivity index (χ1v) is 5.82. The summed E-state index contributed by atoms with van der Waals surface area (Å²) in [6, 6.07) is 0.191. The first-order chi connectivity index (χ1) is 7.96. The van der Waals surface area contributed by atoms with E-state index in [9.17, 15) is 14.7 Å². The summed E-state index contributed by atoms with van der Waals surface area (Å²) >= 11 is 0. The molecule has 0 unspecified atom stereocenters. The lowest BCUT2D eigenvalue weighted by Gasteiger charge is -2.34. The van der Waals surface area contributed by atoms with Gasteiger partial charge in [0.15, 0.2) is 0 Å². The minimum absolute atomic E-state index is 0.132. The van der Waals surface area contributed by atoms with Crippen LogP contribution in [-0.2, 0) is 14.3 Å². The fourth-order valence-corrected chi connectivity index (χ4v) is 1.72. The molecule has 0 bridgehead atoms. The molecule has 6 nitrogen and oxygen atoms in total. The van der Waals surface area contributed by atoms with E-state index in [2.05, 4.69) is 10.6 Å². The van der Waals surface area contributed by atoms with Gasteiger partial charge in [0.1, 0.15) is 5.54 Å². The minimum Gasteiger partial charge on any atom is -0.480 e. The molecule has 0 spiro atoms. The lowest BCUT2D eigenvalue weighted by atomic mass is 9.90. The molecule has 6 heteroatoms. The molecule has 0 aromatic heterocycles. The molecule has 1 saturated heterocycles. The molecule has 1 aliphatic rings. The van der Waals surface area contributed by atoms with Crippen LogP contribution in [0.5, 0.6) is 0 Å². The first-order valence-electron chi connectivity index (χ1n) is 5.82. The molecular formula is C11H20N2O4. The average molecular weight is 244 g/mol. The van der Waals surface area contributed by atoms with Crippen molar-refractivity contribution in [3.05, 3.63) is 0 Å². The number of ether oxygens (including phenoxy) is 1. The van der Waals surface area contributed by atoms with Crippen LogP contribution in [0.4, 0.5) is 0 Å². The molecule has 3 N–H and O–H groups in total. The number of carboxylic acid groups (broad SMARTS) is 1. The zero-order valence-electron chi connectivity index (χ0n) is 10.3. The molecule has 0 radical (unpaired) electrons. The van der Waals surface area contributed by atoms with Gasteiger partial charge in [0.25, 0.3) is 0 Å². The molecular weight excluding hydrogens is 224 g/mol. The monoisotopic (exact) mass is 244 g/mol. The van der Waals surface area contributed by atoms with Gasteiger partial charge >= 0.3 is 5.97 Å². The Kier molecular flexibility index (Phi) is 4.89. The number of aliphatic carboxylic acids is 1. The van der Waals surface area contributed by atoms with Crippen molar-refractivity contribution in [2.24, 2.45) is 0 Å². The van der Waals surface area contributed by atoms with Gasteiger partial charge in [-0.2, -0.15) is 0 Å². The highest BCUT2D eigenvalue weighted by Gasteiger charge is 2.41. The smallest absolute Gasteiger partial charge is 0.329 e. The number of hydrogen-bond acceptors (Lipinski definition) is 4. The summed E-state index contributed by atoms with van der Waals surface area (Å²) in [4.78, 5) is 22.9. The summed E-state index contributed by atoms with van der Waals surface area (Å²) in [6.45, 7) is 4.71. The zero-order chi connectivity index (χ0) is 12.9. The maximum absolute atomic E-state index is 11.6. The Morgan fingerprint density at radius 2 is 1.94 bits per heavy atom. The second kappa shape index (κ2) is 5.97. The molecule has 0 aliphatic carbocycles. The van der Waals surface area contributed by atoms with Crippen molar-refractivity contribution in [2.45, 2.75) is 38.3 Å². The fraction of sp³-hybridized carbons (Fsp3) is 0.818. The van der Waals surface area contributed by atoms with E-state index in [1.54, 1.807) is 0 Å². The van der Waals surface area contributed by atoms with Crippen molar-refractivity contribution in [3.8, 4) is 0 Å². The molecule has 1 aliphatic heterocycles. The highest BCUT2D eigenvalue weighted by molar-refractivity contribution is 5.88. The normalized spacial score (nSPS) is 19.0. The molecule has 1 heterocycles. The number of amides is 1. The number of carbonyl (C=O) groups excluding carboxylic acids is 1. The van der Waals surface area contributed by atoms with Crippen LogP contribution in [0.3, 0.4) is 0 Å². The standard InChI is InChI=1S/C11H20N2O4/c1-8(2)12-7-9(14)13-11(10(15)16)3-5-17-6-4-11/h8,12H,3-7H2,1-2H3,(H,13,14)(H,15,16). The third-order valence-electron chi connectivity index (χ3n) is 2.81. The molecule has 1 fully saturated rings. The van der Waals surface area contributed by atoms with Crippen molar-refractivity contribution in [1.29, 1.82) is 0 Å². The van der Waals surface area contributed by atoms with Gasteiger partial charge in [-0.25, -0.2) is 4.79 Å². The topological polar surface area (TPSA) is 87.7 Å². The summed E-state index contributed by atoms with van der Waals surface area (Å²) in [5.41, 5.74) is -1.16. The fourth-order valence-electron chi connectivity index (χ4n) is 1.72. The second-order valence-electron chi connectivity index (χ2n) is 4.58. The predicted octanol–water partition coefficient (Wildman–Crippen LogP) is -0.266. The molecule has 0 saturated carbocycles. The van der Waals surface area contributed by atoms with Gasteiger partial charge in [0, 0.05) is 32.1 Å². The van der Waals surface area contributed by atoms with Gasteiger partial charge in [-0.1, -0.05) is 13.8 Å². The van der Waals surface area contributed by atoms with Crippen LogP contribution in [0.25, 0.3) is 0 Å². The van der Waals surface area contributed by atoms with Crippen molar-refractivity contribution >= 4 is 11.9 Å². The summed E-state index contributed by atoms with van der Waals surface area (Å²) in [7, 11) is 0. The zero-order valence-corrected chi connectivity index (χ0v) is 10.3. The third kappa shape index (κ3) is 3.98. The van der Waals surface area contributed by atoms with Gasteiger partial charge in [-0.3, -0.25) is 4.79 Å². The Hall–Kier alpha value is -1.14. The van der Waals surface area contributed by atoms with Crippen LogP contribution < -0.4 is 10.6 Å². The van der Waals surface area contributed by atoms with Gasteiger partial charge < -0.3 is 20.5 Å². The van der Waals surface area contributed by atoms with E-state index in [-0.39, 0.29) is 18.5 Å². The van der Waals surface area contributed by atoms with E-state index in [1.165, 1.54) is 0 Å². The lowest BCUT2D eigenvalue weighted by Crippen LogP contribution is -2.59. The van der Waals surface area contributed by atoms with Crippen LogP contribution in [-0.4, -0.2) is 48.3 Å². The Morgan fingerprint density at radius 3 is 2.41 bits per heavy atom. The third-order valence-corrected chi connectivity index (χ3v) is 2.81. The maximum atomic E-state index is 11.6. The molecule has 98 valence electrons. The number of nitrogens with one attached hydrogen (secondary N) is 2. The van der Waals surface area contributed by atoms with Gasteiger partial charge in [0.05, 0.1) is 6.54 Å². The van der Waals surface area contributed by atoms with Crippen LogP contribution in [0.2, 0.25) is 0 Å². The second-order valence-corrected chi connectivity index (χ2v) is 4.58. The lowest BCUT2D eigenvalue weighted by molar-refractivity contribution is -0.152. The number of carboxylic acids is 1. The van der Waals surface area contributed by atoms with Gasteiger partial charge in [-0.15, -0.1) is 0 Å². The SMILES string of the molecule is CC(C)NCC(=O)NC1(C(=O)O)CCOCC1. The molecule has 1 amide bonds. The Balaban J connectivity index is 2.54. The van der Waals surface area contributed by atoms with E-state index in [0.29, 0.717) is 26.1 Å².